The van der Waals surface area contributed by atoms with E-state index in [0.717, 1.165) is 12.8 Å². The number of piperidine rings is 1. The number of ether oxygens (including phenoxy) is 1. The second-order valence-electron chi connectivity index (χ2n) is 5.14. The monoisotopic (exact) mass is 316 g/mol. The summed E-state index contributed by atoms with van der Waals surface area (Å²) in [6.45, 7) is 0.726. The first-order chi connectivity index (χ1) is 11.2. The van der Waals surface area contributed by atoms with E-state index in [4.69, 9.17) is 4.74 Å². The molecule has 2 N–H and O–H groups in total. The summed E-state index contributed by atoms with van der Waals surface area (Å²) in [7, 11) is 0. The van der Waals surface area contributed by atoms with Crippen LogP contribution in [-0.2, 0) is 9.59 Å². The summed E-state index contributed by atoms with van der Waals surface area (Å²) in [4.78, 5) is 25.3. The lowest BCUT2D eigenvalue weighted by Gasteiger charge is -2.25. The third-order valence-electron chi connectivity index (χ3n) is 3.43. The molecule has 120 valence electrons. The quantitative estimate of drug-likeness (QED) is 0.849. The van der Waals surface area contributed by atoms with E-state index in [-0.39, 0.29) is 24.4 Å². The van der Waals surface area contributed by atoms with Crippen LogP contribution in [0.1, 0.15) is 19.3 Å². The predicted molar refractivity (Wildman–Crippen MR) is 79.8 cm³/mol. The van der Waals surface area contributed by atoms with Crippen molar-refractivity contribution in [2.24, 2.45) is 0 Å². The molecule has 2 aromatic rings. The molecule has 1 aromatic carbocycles. The van der Waals surface area contributed by atoms with E-state index in [1.54, 1.807) is 29.2 Å². The number of hydrogen-bond donors (Lipinski definition) is 2. The Bertz CT molecular complexity index is 670. The molecule has 2 heterocycles. The molecule has 0 saturated carbocycles. The highest BCUT2D eigenvalue weighted by Gasteiger charge is 2.20. The maximum absolute atomic E-state index is 12.0. The van der Waals surface area contributed by atoms with Crippen molar-refractivity contribution >= 4 is 17.5 Å². The van der Waals surface area contributed by atoms with Gasteiger partial charge >= 0.3 is 6.01 Å². The van der Waals surface area contributed by atoms with Crippen LogP contribution in [0.25, 0.3) is 0 Å². The molecule has 0 aliphatic carbocycles. The minimum absolute atomic E-state index is 0.0373. The molecular formula is C14H16N6O3. The highest BCUT2D eigenvalue weighted by Crippen LogP contribution is 2.19. The largest absolute Gasteiger partial charge is 0.422 e. The minimum atomic E-state index is -0.216. The topological polar surface area (TPSA) is 113 Å². The van der Waals surface area contributed by atoms with Crippen LogP contribution in [0.3, 0.4) is 0 Å². The molecule has 1 aliphatic rings. The molecule has 2 amide bonds. The Balaban J connectivity index is 1.53. The number of tetrazole rings is 1. The molecule has 1 aliphatic heterocycles. The Hall–Kier alpha value is -2.97. The Kier molecular flexibility index (Phi) is 4.46. The summed E-state index contributed by atoms with van der Waals surface area (Å²) in [5, 5.41) is 15.8. The SMILES string of the molecule is O=C(CN1CCCCC1=O)Nc1ccc(Oc2nn[nH]n2)cc1. The molecule has 1 fully saturated rings. The van der Waals surface area contributed by atoms with E-state index in [0.29, 0.717) is 24.4 Å². The van der Waals surface area contributed by atoms with Gasteiger partial charge in [0.15, 0.2) is 0 Å². The van der Waals surface area contributed by atoms with Gasteiger partial charge in [0.2, 0.25) is 11.8 Å². The summed E-state index contributed by atoms with van der Waals surface area (Å²) in [6, 6.07) is 6.87. The van der Waals surface area contributed by atoms with Gasteiger partial charge in [-0.2, -0.15) is 5.21 Å². The van der Waals surface area contributed by atoms with E-state index >= 15 is 0 Å². The number of benzene rings is 1. The van der Waals surface area contributed by atoms with Crippen LogP contribution in [0.15, 0.2) is 24.3 Å². The first-order valence-electron chi connectivity index (χ1n) is 7.30. The Morgan fingerprint density at radius 3 is 2.83 bits per heavy atom. The number of amides is 2. The summed E-state index contributed by atoms with van der Waals surface area (Å²) >= 11 is 0. The van der Waals surface area contributed by atoms with Crippen molar-refractivity contribution < 1.29 is 14.3 Å². The fourth-order valence-electron chi connectivity index (χ4n) is 2.31. The third kappa shape index (κ3) is 4.02. The van der Waals surface area contributed by atoms with Gasteiger partial charge in [-0.1, -0.05) is 10.2 Å². The van der Waals surface area contributed by atoms with Crippen molar-refractivity contribution in [1.29, 1.82) is 0 Å². The zero-order valence-corrected chi connectivity index (χ0v) is 12.4. The fraction of sp³-hybridized carbons (Fsp3) is 0.357. The van der Waals surface area contributed by atoms with Gasteiger partial charge < -0.3 is 15.0 Å². The van der Waals surface area contributed by atoms with Gasteiger partial charge in [0.25, 0.3) is 0 Å². The Morgan fingerprint density at radius 1 is 1.30 bits per heavy atom. The predicted octanol–water partition coefficient (Wildman–Crippen LogP) is 0.943. The van der Waals surface area contributed by atoms with E-state index in [2.05, 4.69) is 25.9 Å². The maximum atomic E-state index is 12.0. The van der Waals surface area contributed by atoms with Crippen molar-refractivity contribution in [2.45, 2.75) is 19.3 Å². The lowest BCUT2D eigenvalue weighted by atomic mass is 10.1. The van der Waals surface area contributed by atoms with Gasteiger partial charge in [-0.05, 0) is 42.3 Å². The second-order valence-corrected chi connectivity index (χ2v) is 5.14. The average Bonchev–Trinajstić information content (AvgIpc) is 3.04. The van der Waals surface area contributed by atoms with Crippen LogP contribution in [0.5, 0.6) is 11.8 Å². The molecule has 9 heteroatoms. The number of aromatic nitrogens is 4. The molecule has 23 heavy (non-hydrogen) atoms. The number of hydrogen-bond acceptors (Lipinski definition) is 6. The van der Waals surface area contributed by atoms with Crippen molar-refractivity contribution in [3.05, 3.63) is 24.3 Å². The summed E-state index contributed by atoms with van der Waals surface area (Å²) in [5.74, 6) is 0.345. The number of aromatic amines is 1. The van der Waals surface area contributed by atoms with E-state index in [1.165, 1.54) is 0 Å². The number of H-pyrrole nitrogens is 1. The van der Waals surface area contributed by atoms with E-state index < -0.39 is 0 Å². The molecular weight excluding hydrogens is 300 g/mol. The number of rotatable bonds is 5. The smallest absolute Gasteiger partial charge is 0.361 e. The normalized spacial score (nSPS) is 14.6. The number of likely N-dealkylation sites (tertiary alicyclic amines) is 1. The first kappa shape index (κ1) is 14.9. The van der Waals surface area contributed by atoms with Crippen LogP contribution in [0.2, 0.25) is 0 Å². The number of carbonyl (C=O) groups excluding carboxylic acids is 2. The van der Waals surface area contributed by atoms with Gasteiger partial charge in [-0.15, -0.1) is 0 Å². The molecule has 0 atom stereocenters. The third-order valence-corrected chi connectivity index (χ3v) is 3.43. The van der Waals surface area contributed by atoms with Crippen LogP contribution in [-0.4, -0.2) is 50.4 Å². The zero-order chi connectivity index (χ0) is 16.1. The minimum Gasteiger partial charge on any atom is -0.422 e. The van der Waals surface area contributed by atoms with Gasteiger partial charge in [0.1, 0.15) is 5.75 Å². The zero-order valence-electron chi connectivity index (χ0n) is 12.4. The lowest BCUT2D eigenvalue weighted by Crippen LogP contribution is -2.40. The van der Waals surface area contributed by atoms with Crippen LogP contribution in [0, 0.1) is 0 Å². The molecule has 0 radical (unpaired) electrons. The van der Waals surface area contributed by atoms with E-state index in [9.17, 15) is 9.59 Å². The second kappa shape index (κ2) is 6.86. The van der Waals surface area contributed by atoms with Gasteiger partial charge in [-0.3, -0.25) is 9.59 Å². The maximum Gasteiger partial charge on any atom is 0.361 e. The van der Waals surface area contributed by atoms with Gasteiger partial charge in [0.05, 0.1) is 6.54 Å². The number of nitrogens with zero attached hydrogens (tertiary/aromatic N) is 4. The van der Waals surface area contributed by atoms with Crippen molar-refractivity contribution in [1.82, 2.24) is 25.5 Å². The van der Waals surface area contributed by atoms with Crippen LogP contribution in [0.4, 0.5) is 5.69 Å². The van der Waals surface area contributed by atoms with Crippen LogP contribution < -0.4 is 10.1 Å². The summed E-state index contributed by atoms with van der Waals surface area (Å²) in [5.41, 5.74) is 0.625. The first-order valence-corrected chi connectivity index (χ1v) is 7.30. The number of carbonyl (C=O) groups is 2. The molecule has 0 bridgehead atoms. The Labute approximate surface area is 132 Å². The van der Waals surface area contributed by atoms with E-state index in [1.807, 2.05) is 0 Å². The number of anilines is 1. The Morgan fingerprint density at radius 2 is 2.13 bits per heavy atom. The molecule has 1 saturated heterocycles. The lowest BCUT2D eigenvalue weighted by molar-refractivity contribution is -0.136. The standard InChI is InChI=1S/C14H16N6O3/c21-12(9-20-8-2-1-3-13(20)22)15-10-4-6-11(7-5-10)23-14-16-18-19-17-14/h4-7H,1-3,8-9H2,(H,15,21)(H,16,17,18,19). The number of nitrogens with one attached hydrogen (secondary N) is 2. The average molecular weight is 316 g/mol. The van der Waals surface area contributed by atoms with Crippen molar-refractivity contribution in [3.8, 4) is 11.8 Å². The molecule has 1 aromatic heterocycles. The van der Waals surface area contributed by atoms with Gasteiger partial charge in [0, 0.05) is 18.7 Å². The molecule has 0 unspecified atom stereocenters. The molecule has 0 spiro atoms. The highest BCUT2D eigenvalue weighted by atomic mass is 16.5. The highest BCUT2D eigenvalue weighted by molar-refractivity contribution is 5.94. The summed E-state index contributed by atoms with van der Waals surface area (Å²) in [6.07, 6.45) is 2.37. The van der Waals surface area contributed by atoms with Crippen molar-refractivity contribution in [3.63, 3.8) is 0 Å². The molecule has 9 nitrogen and oxygen atoms in total. The molecule has 3 rings (SSSR count). The van der Waals surface area contributed by atoms with Gasteiger partial charge in [-0.25, -0.2) is 0 Å². The van der Waals surface area contributed by atoms with Crippen LogP contribution >= 0.6 is 0 Å². The van der Waals surface area contributed by atoms with Crippen molar-refractivity contribution in [2.75, 3.05) is 18.4 Å². The fourth-order valence-corrected chi connectivity index (χ4v) is 2.31. The summed E-state index contributed by atoms with van der Waals surface area (Å²) < 4.78 is 5.33.